The second-order valence-electron chi connectivity index (χ2n) is 9.20. The Bertz CT molecular complexity index is 1210. The van der Waals surface area contributed by atoms with E-state index in [1.165, 1.54) is 36.5 Å². The van der Waals surface area contributed by atoms with Gasteiger partial charge in [-0.15, -0.1) is 12.4 Å². The second-order valence-corrected chi connectivity index (χ2v) is 11.5. The van der Waals surface area contributed by atoms with E-state index in [0.29, 0.717) is 23.4 Å². The smallest absolute Gasteiger partial charge is 0.264 e. The summed E-state index contributed by atoms with van der Waals surface area (Å²) in [5.41, 5.74) is 1.42. The zero-order valence-corrected chi connectivity index (χ0v) is 23.6. The van der Waals surface area contributed by atoms with Crippen LogP contribution in [-0.4, -0.2) is 39.1 Å². The van der Waals surface area contributed by atoms with Gasteiger partial charge in [0, 0.05) is 23.2 Å². The summed E-state index contributed by atoms with van der Waals surface area (Å²) in [6.45, 7) is 5.23. The van der Waals surface area contributed by atoms with E-state index in [0.717, 1.165) is 24.3 Å². The zero-order valence-electron chi connectivity index (χ0n) is 21.3. The highest BCUT2D eigenvalue weighted by atomic mass is 35.5. The van der Waals surface area contributed by atoms with Gasteiger partial charge in [0.15, 0.2) is 0 Å². The van der Waals surface area contributed by atoms with E-state index in [9.17, 15) is 8.42 Å². The minimum atomic E-state index is -3.82. The van der Waals surface area contributed by atoms with Crippen molar-refractivity contribution in [3.63, 3.8) is 0 Å². The van der Waals surface area contributed by atoms with Gasteiger partial charge < -0.3 is 9.64 Å². The molecule has 1 aliphatic heterocycles. The first-order valence-corrected chi connectivity index (χ1v) is 14.6. The van der Waals surface area contributed by atoms with Gasteiger partial charge in [0.1, 0.15) is 5.75 Å². The van der Waals surface area contributed by atoms with Crippen LogP contribution in [0, 0.1) is 0 Å². The van der Waals surface area contributed by atoms with Crippen LogP contribution in [0.5, 0.6) is 5.75 Å². The average Bonchev–Trinajstić information content (AvgIpc) is 2.91. The number of piperidine rings is 1. The SMILES string of the molecule is CCC1CCCCN1CCCOc1ccccc1CN(c1ccccc1)S(=O)(=O)c1ccc(Cl)cc1.Cl. The third kappa shape index (κ3) is 7.64. The van der Waals surface area contributed by atoms with Gasteiger partial charge in [-0.05, 0) is 74.7 Å². The van der Waals surface area contributed by atoms with Crippen LogP contribution in [0.4, 0.5) is 5.69 Å². The van der Waals surface area contributed by atoms with Crippen molar-refractivity contribution in [3.05, 3.63) is 89.4 Å². The van der Waals surface area contributed by atoms with E-state index in [1.54, 1.807) is 36.4 Å². The van der Waals surface area contributed by atoms with Crippen molar-refractivity contribution in [2.75, 3.05) is 24.0 Å². The molecule has 200 valence electrons. The fraction of sp³-hybridized carbons (Fsp3) is 0.379. The van der Waals surface area contributed by atoms with Crippen molar-refractivity contribution in [2.24, 2.45) is 0 Å². The highest BCUT2D eigenvalue weighted by Crippen LogP contribution is 2.29. The monoisotopic (exact) mass is 562 g/mol. The summed E-state index contributed by atoms with van der Waals surface area (Å²) in [4.78, 5) is 2.79. The number of anilines is 1. The Morgan fingerprint density at radius 3 is 2.41 bits per heavy atom. The topological polar surface area (TPSA) is 49.9 Å². The quantitative estimate of drug-likeness (QED) is 0.232. The molecule has 1 atom stereocenters. The van der Waals surface area contributed by atoms with Crippen LogP contribution in [-0.2, 0) is 16.6 Å². The van der Waals surface area contributed by atoms with E-state index >= 15 is 0 Å². The summed E-state index contributed by atoms with van der Waals surface area (Å²) in [6, 6.07) is 23.8. The van der Waals surface area contributed by atoms with Crippen LogP contribution in [0.3, 0.4) is 0 Å². The van der Waals surface area contributed by atoms with E-state index < -0.39 is 10.0 Å². The molecular weight excluding hydrogens is 527 g/mol. The maximum absolute atomic E-state index is 13.7. The number of para-hydroxylation sites is 2. The fourth-order valence-electron chi connectivity index (χ4n) is 4.84. The van der Waals surface area contributed by atoms with Crippen molar-refractivity contribution in [3.8, 4) is 5.75 Å². The standard InChI is InChI=1S/C29H35ClN2O3S.ClH/c1-2-26-12-8-9-20-31(26)21-10-22-35-29-15-7-6-11-24(29)23-32(27-13-4-3-5-14-27)36(33,34)28-18-16-25(30)17-19-28;/h3-7,11,13-19,26H,2,8-10,12,20-23H2,1H3;1H. The molecule has 1 heterocycles. The lowest BCUT2D eigenvalue weighted by Crippen LogP contribution is -2.40. The van der Waals surface area contributed by atoms with Gasteiger partial charge in [-0.1, -0.05) is 61.3 Å². The molecule has 1 unspecified atom stereocenters. The van der Waals surface area contributed by atoms with Gasteiger partial charge in [-0.3, -0.25) is 4.31 Å². The number of likely N-dealkylation sites (tertiary alicyclic amines) is 1. The average molecular weight is 564 g/mol. The molecule has 1 fully saturated rings. The molecule has 0 aliphatic carbocycles. The molecule has 0 radical (unpaired) electrons. The molecule has 0 saturated carbocycles. The largest absolute Gasteiger partial charge is 0.493 e. The normalized spacial score (nSPS) is 16.1. The first-order valence-electron chi connectivity index (χ1n) is 12.8. The van der Waals surface area contributed by atoms with Gasteiger partial charge in [-0.25, -0.2) is 8.42 Å². The van der Waals surface area contributed by atoms with Crippen molar-refractivity contribution in [1.29, 1.82) is 0 Å². The third-order valence-corrected chi connectivity index (χ3v) is 8.84. The molecule has 0 spiro atoms. The Kier molecular flexibility index (Phi) is 11.1. The summed E-state index contributed by atoms with van der Waals surface area (Å²) < 4.78 is 35.0. The maximum Gasteiger partial charge on any atom is 0.264 e. The number of nitrogens with zero attached hydrogens (tertiary/aromatic N) is 2. The summed E-state index contributed by atoms with van der Waals surface area (Å²) in [6.07, 6.45) is 6.03. The first-order chi connectivity index (χ1) is 17.5. The Hall–Kier alpha value is -2.25. The number of hydrogen-bond acceptors (Lipinski definition) is 4. The van der Waals surface area contributed by atoms with Crippen LogP contribution in [0.1, 0.15) is 44.6 Å². The molecule has 0 N–H and O–H groups in total. The number of ether oxygens (including phenoxy) is 1. The van der Waals surface area contributed by atoms with E-state index in [-0.39, 0.29) is 23.8 Å². The Balaban J connectivity index is 0.00000380. The molecular formula is C29H36Cl2N2O3S. The Morgan fingerprint density at radius 2 is 1.68 bits per heavy atom. The van der Waals surface area contributed by atoms with Gasteiger partial charge in [0.25, 0.3) is 10.0 Å². The summed E-state index contributed by atoms with van der Waals surface area (Å²) in [7, 11) is -3.82. The summed E-state index contributed by atoms with van der Waals surface area (Å²) >= 11 is 6.01. The number of hydrogen-bond donors (Lipinski definition) is 0. The van der Waals surface area contributed by atoms with E-state index in [1.807, 2.05) is 42.5 Å². The van der Waals surface area contributed by atoms with Gasteiger partial charge in [0.2, 0.25) is 0 Å². The zero-order chi connectivity index (χ0) is 25.4. The molecule has 8 heteroatoms. The van der Waals surface area contributed by atoms with Crippen LogP contribution in [0.2, 0.25) is 5.02 Å². The minimum absolute atomic E-state index is 0. The lowest BCUT2D eigenvalue weighted by Gasteiger charge is -2.35. The highest BCUT2D eigenvalue weighted by Gasteiger charge is 2.26. The second kappa shape index (κ2) is 14.1. The predicted molar refractivity (Wildman–Crippen MR) is 155 cm³/mol. The Morgan fingerprint density at radius 1 is 0.973 bits per heavy atom. The van der Waals surface area contributed by atoms with E-state index in [2.05, 4.69) is 11.8 Å². The molecule has 3 aromatic rings. The van der Waals surface area contributed by atoms with Crippen molar-refractivity contribution in [1.82, 2.24) is 4.90 Å². The van der Waals surface area contributed by atoms with Crippen molar-refractivity contribution in [2.45, 2.75) is 56.5 Å². The molecule has 4 rings (SSSR count). The lowest BCUT2D eigenvalue weighted by atomic mass is 10.00. The number of halogens is 2. The summed E-state index contributed by atoms with van der Waals surface area (Å²) in [5, 5.41) is 0.494. The van der Waals surface area contributed by atoms with Crippen LogP contribution in [0.25, 0.3) is 0 Å². The predicted octanol–water partition coefficient (Wildman–Crippen LogP) is 7.19. The third-order valence-electron chi connectivity index (χ3n) is 6.80. The van der Waals surface area contributed by atoms with Crippen LogP contribution in [0.15, 0.2) is 83.8 Å². The van der Waals surface area contributed by atoms with Gasteiger partial charge >= 0.3 is 0 Å². The van der Waals surface area contributed by atoms with Crippen LogP contribution >= 0.6 is 24.0 Å². The Labute approximate surface area is 232 Å². The molecule has 0 aromatic heterocycles. The number of benzene rings is 3. The minimum Gasteiger partial charge on any atom is -0.493 e. The molecule has 0 bridgehead atoms. The highest BCUT2D eigenvalue weighted by molar-refractivity contribution is 7.92. The van der Waals surface area contributed by atoms with Gasteiger partial charge in [0.05, 0.1) is 23.7 Å². The fourth-order valence-corrected chi connectivity index (χ4v) is 6.41. The van der Waals surface area contributed by atoms with E-state index in [4.69, 9.17) is 16.3 Å². The first kappa shape index (κ1) is 29.3. The maximum atomic E-state index is 13.7. The molecule has 5 nitrogen and oxygen atoms in total. The van der Waals surface area contributed by atoms with Crippen molar-refractivity contribution >= 4 is 39.7 Å². The number of rotatable bonds is 11. The van der Waals surface area contributed by atoms with Gasteiger partial charge in [-0.2, -0.15) is 0 Å². The van der Waals surface area contributed by atoms with Crippen molar-refractivity contribution < 1.29 is 13.2 Å². The molecule has 1 saturated heterocycles. The lowest BCUT2D eigenvalue weighted by molar-refractivity contribution is 0.134. The molecule has 3 aromatic carbocycles. The number of sulfonamides is 1. The molecule has 0 amide bonds. The summed E-state index contributed by atoms with van der Waals surface area (Å²) in [5.74, 6) is 0.718. The van der Waals surface area contributed by atoms with Crippen LogP contribution < -0.4 is 9.04 Å². The molecule has 1 aliphatic rings. The molecule has 37 heavy (non-hydrogen) atoms.